The van der Waals surface area contributed by atoms with Crippen LogP contribution in [0.15, 0.2) is 54.7 Å². The summed E-state index contributed by atoms with van der Waals surface area (Å²) in [7, 11) is 3.53. The molecule has 2 aromatic carbocycles. The van der Waals surface area contributed by atoms with E-state index in [-0.39, 0.29) is 38.9 Å². The second-order valence-corrected chi connectivity index (χ2v) is 17.4. The molecule has 1 amide bonds. The molecule has 0 radical (unpaired) electrons. The van der Waals surface area contributed by atoms with E-state index in [0.717, 1.165) is 22.9 Å². The van der Waals surface area contributed by atoms with Crippen LogP contribution in [0.2, 0.25) is 5.02 Å². The first-order valence-corrected chi connectivity index (χ1v) is 19.9. The van der Waals surface area contributed by atoms with Crippen molar-refractivity contribution in [3.05, 3.63) is 105 Å². The lowest BCUT2D eigenvalue weighted by molar-refractivity contribution is -0.122. The molecule has 4 atom stereocenters. The van der Waals surface area contributed by atoms with Crippen LogP contribution in [0.3, 0.4) is 0 Å². The molecule has 2 aliphatic rings. The van der Waals surface area contributed by atoms with Crippen LogP contribution in [-0.4, -0.2) is 54.8 Å². The number of anilines is 1. The number of amides is 1. The van der Waals surface area contributed by atoms with Crippen LogP contribution in [0, 0.1) is 29.4 Å². The maximum atomic E-state index is 15.7. The summed E-state index contributed by atoms with van der Waals surface area (Å²) >= 11 is 8.93. The van der Waals surface area contributed by atoms with Gasteiger partial charge >= 0.3 is 0 Å². The Morgan fingerprint density at radius 3 is 2.51 bits per heavy atom. The van der Waals surface area contributed by atoms with E-state index < -0.39 is 47.6 Å². The van der Waals surface area contributed by atoms with E-state index in [1.807, 2.05) is 6.92 Å². The Hall–Kier alpha value is -4.50. The number of aromatic nitrogens is 5. The summed E-state index contributed by atoms with van der Waals surface area (Å²) in [6.45, 7) is 8.87. The van der Waals surface area contributed by atoms with Crippen LogP contribution in [0.5, 0.6) is 0 Å². The number of benzene rings is 2. The van der Waals surface area contributed by atoms with Crippen LogP contribution in [0.1, 0.15) is 77.0 Å². The van der Waals surface area contributed by atoms with Gasteiger partial charge in [-0.1, -0.05) is 52.8 Å². The zero-order valence-electron chi connectivity index (χ0n) is 31.7. The van der Waals surface area contributed by atoms with Gasteiger partial charge in [0.05, 0.1) is 37.3 Å². The second-order valence-electron chi connectivity index (χ2n) is 15.1. The first-order valence-electron chi connectivity index (χ1n) is 18.2. The summed E-state index contributed by atoms with van der Waals surface area (Å²) in [6.07, 6.45) is 0.216. The Morgan fingerprint density at radius 1 is 1.14 bits per heavy atom. The first kappa shape index (κ1) is 40.7. The van der Waals surface area contributed by atoms with Gasteiger partial charge in [0.15, 0.2) is 5.82 Å². The van der Waals surface area contributed by atoms with Crippen LogP contribution >= 0.6 is 34.2 Å². The van der Waals surface area contributed by atoms with E-state index in [0.29, 0.717) is 62.8 Å². The molecule has 1 saturated carbocycles. The largest absolute Gasteiger partial charge is 0.378 e. The molecule has 3 aromatic heterocycles. The molecule has 1 unspecified atom stereocenters. The van der Waals surface area contributed by atoms with Crippen molar-refractivity contribution in [3.63, 3.8) is 0 Å². The number of alkyl halides is 3. The van der Waals surface area contributed by atoms with Gasteiger partial charge in [-0.25, -0.2) is 13.8 Å². The lowest BCUT2D eigenvalue weighted by Gasteiger charge is -2.23. The van der Waals surface area contributed by atoms with Crippen molar-refractivity contribution in [2.45, 2.75) is 67.6 Å². The van der Waals surface area contributed by atoms with Crippen molar-refractivity contribution < 1.29 is 27.5 Å². The molecule has 10 nitrogen and oxygen atoms in total. The summed E-state index contributed by atoms with van der Waals surface area (Å²) < 4.78 is 63.2. The van der Waals surface area contributed by atoms with Crippen LogP contribution in [-0.2, 0) is 30.7 Å². The number of hydrogen-bond acceptors (Lipinski definition) is 7. The molecule has 16 heteroatoms. The Morgan fingerprint density at radius 2 is 1.84 bits per heavy atom. The number of hydrogen-bond donors (Lipinski definition) is 4. The molecule has 4 N–H and O–H groups in total. The summed E-state index contributed by atoms with van der Waals surface area (Å²) in [5.74, 6) is -0.503. The van der Waals surface area contributed by atoms with Crippen molar-refractivity contribution in [3.8, 4) is 23.0 Å². The smallest absolute Gasteiger partial charge is 0.293 e. The van der Waals surface area contributed by atoms with Crippen LogP contribution in [0.4, 0.5) is 23.4 Å². The van der Waals surface area contributed by atoms with E-state index in [4.69, 9.17) is 21.7 Å². The van der Waals surface area contributed by atoms with Crippen molar-refractivity contribution in [1.29, 1.82) is 0 Å². The molecule has 3 heterocycles. The monoisotopic (exact) mass is 914 g/mol. The fraction of sp³-hybridized carbons (Fsp3) is 0.366. The number of nitrogens with zero attached hydrogens (tertiary/aromatic N) is 5. The Kier molecular flexibility index (Phi) is 11.0. The number of aliphatic hydroxyl groups is 1. The van der Waals surface area contributed by atoms with E-state index in [2.05, 4.69) is 62.1 Å². The van der Waals surface area contributed by atoms with Gasteiger partial charge in [0.2, 0.25) is 5.91 Å². The lowest BCUT2D eigenvalue weighted by atomic mass is 9.93. The van der Waals surface area contributed by atoms with E-state index in [1.165, 1.54) is 13.8 Å². The molecule has 0 saturated heterocycles. The molecule has 7 rings (SSSR count). The van der Waals surface area contributed by atoms with Crippen LogP contribution < -0.4 is 16.0 Å². The minimum absolute atomic E-state index is 0.158. The Bertz CT molecular complexity index is 2480. The average molecular weight is 915 g/mol. The molecular weight excluding hydrogens is 875 g/mol. The molecule has 1 fully saturated rings. The summed E-state index contributed by atoms with van der Waals surface area (Å²) in [4.78, 5) is 19.0. The zero-order valence-corrected chi connectivity index (χ0v) is 34.7. The maximum absolute atomic E-state index is 15.7. The van der Waals surface area contributed by atoms with Gasteiger partial charge in [-0.05, 0) is 88.4 Å². The highest BCUT2D eigenvalue weighted by molar-refractivity contribution is 14.1. The highest BCUT2D eigenvalue weighted by atomic mass is 127. The van der Waals surface area contributed by atoms with E-state index in [9.17, 15) is 18.7 Å². The topological polar surface area (TPSA) is 122 Å². The van der Waals surface area contributed by atoms with Crippen LogP contribution in [0.25, 0.3) is 22.0 Å². The number of nitrogens with one attached hydrogen (secondary N) is 3. The van der Waals surface area contributed by atoms with Crippen molar-refractivity contribution in [2.75, 3.05) is 18.9 Å². The SMILES string of the molecule is C=C(CNC)Nc1nn(C)c2c(-c3ccc(C#CC(C)(C)O)nc3[C@H](Cc3cc(F)cc(F)c3)NC(=O)Cn3nc(C(C)I)c4c3C(F)(F)[C@@H]3C[C@H]43)ccc(Cl)c12. The molecule has 0 spiro atoms. The van der Waals surface area contributed by atoms with Gasteiger partial charge in [-0.15, -0.1) is 0 Å². The average Bonchev–Trinajstić information content (AvgIpc) is 3.65. The number of carbonyl (C=O) groups is 1. The molecule has 57 heavy (non-hydrogen) atoms. The third kappa shape index (κ3) is 8.14. The number of halogens is 6. The second kappa shape index (κ2) is 15.3. The van der Waals surface area contributed by atoms with Crippen molar-refractivity contribution >= 4 is 56.8 Å². The number of rotatable bonds is 12. The summed E-state index contributed by atoms with van der Waals surface area (Å²) in [6, 6.07) is 8.81. The number of pyridine rings is 1. The van der Waals surface area contributed by atoms with Gasteiger partial charge in [0, 0.05) is 48.0 Å². The molecule has 0 bridgehead atoms. The standard InChI is InChI=1S/C41H40ClF4IN8O2/c1-20(18-48-5)49-39-34-30(42)10-9-27(37(34)54(6)53-39)26-8-7-25(11-12-40(3,4)57)50-36(26)31(15-22-13-23(43)16-24(44)14-22)51-32(56)19-55-38-33(35(52-55)21(2)47)28-17-29(28)41(38,45)46/h7-10,13-14,16,21,28-29,31,48,57H,1,15,17-19H2,2-6H3,(H,49,53)(H,51,56)/t21?,28-,29+,31-/m0/s1. The predicted octanol–water partition coefficient (Wildman–Crippen LogP) is 7.84. The maximum Gasteiger partial charge on any atom is 0.293 e. The molecule has 2 aliphatic carbocycles. The van der Waals surface area contributed by atoms with E-state index in [1.54, 1.807) is 43.0 Å². The summed E-state index contributed by atoms with van der Waals surface area (Å²) in [5, 5.41) is 29.8. The van der Waals surface area contributed by atoms with Crippen molar-refractivity contribution in [1.82, 2.24) is 35.2 Å². The Labute approximate surface area is 345 Å². The zero-order chi connectivity index (χ0) is 41.1. The first-order chi connectivity index (χ1) is 26.9. The fourth-order valence-electron chi connectivity index (χ4n) is 7.63. The molecule has 0 aliphatic heterocycles. The van der Waals surface area contributed by atoms with Gasteiger partial charge in [-0.3, -0.25) is 14.2 Å². The van der Waals surface area contributed by atoms with Gasteiger partial charge in [-0.2, -0.15) is 19.0 Å². The van der Waals surface area contributed by atoms with Gasteiger partial charge in [0.1, 0.15) is 35.2 Å². The van der Waals surface area contributed by atoms with Crippen molar-refractivity contribution in [2.24, 2.45) is 13.0 Å². The number of fused-ring (bicyclic) bond motifs is 4. The quantitative estimate of drug-likeness (QED) is 0.0436. The fourth-order valence-corrected chi connectivity index (χ4v) is 8.33. The molecular formula is C41H40ClF4IN8O2. The lowest BCUT2D eigenvalue weighted by Crippen LogP contribution is -2.35. The highest BCUT2D eigenvalue weighted by Crippen LogP contribution is 2.68. The van der Waals surface area contributed by atoms with Gasteiger partial charge < -0.3 is 21.1 Å². The van der Waals surface area contributed by atoms with Gasteiger partial charge in [0.25, 0.3) is 5.92 Å². The third-order valence-corrected chi connectivity index (χ3v) is 10.9. The minimum atomic E-state index is -3.14. The number of likely N-dealkylation sites (N-methyl/N-ethyl adjacent to an activating group) is 1. The predicted molar refractivity (Wildman–Crippen MR) is 219 cm³/mol. The van der Waals surface area contributed by atoms with E-state index >= 15 is 8.78 Å². The third-order valence-electron chi connectivity index (χ3n) is 9.99. The Balaban J connectivity index is 1.37. The summed E-state index contributed by atoms with van der Waals surface area (Å²) in [5.41, 5.74) is 2.41. The number of carbonyl (C=O) groups excluding carboxylic acids is 1. The molecule has 298 valence electrons. The number of aryl methyl sites for hydroxylation is 1. The minimum Gasteiger partial charge on any atom is -0.378 e. The normalized spacial score (nSPS) is 17.7. The highest BCUT2D eigenvalue weighted by Gasteiger charge is 2.66. The molecule has 5 aromatic rings.